The number of aryl methyl sites for hydroxylation is 1. The molecule has 2 rings (SSSR count). The minimum atomic E-state index is 0.486. The predicted molar refractivity (Wildman–Crippen MR) is 75.4 cm³/mol. The molecule has 1 heterocycles. The Balaban J connectivity index is 2.11. The van der Waals surface area contributed by atoms with Crippen LogP contribution in [-0.4, -0.2) is 16.3 Å². The first kappa shape index (κ1) is 13.6. The summed E-state index contributed by atoms with van der Waals surface area (Å²) in [6.45, 7) is 5.73. The Morgan fingerprint density at radius 1 is 1.50 bits per heavy atom. The molecule has 1 aliphatic carbocycles. The first-order valence-electron chi connectivity index (χ1n) is 7.43. The molecule has 3 unspecified atom stereocenters. The zero-order chi connectivity index (χ0) is 13.0. The highest BCUT2D eigenvalue weighted by Gasteiger charge is 2.28. The topological polar surface area (TPSA) is 29.9 Å². The maximum atomic E-state index is 4.34. The maximum Gasteiger partial charge on any atom is 0.0553 e. The first-order chi connectivity index (χ1) is 8.72. The standard InChI is InChI=1S/C15H27N3/c1-4-9-16-15(14-8-10-17-18(14)3)13-7-5-6-12(2)11-13/h8,10,12-13,15-16H,4-7,9,11H2,1-3H3. The van der Waals surface area contributed by atoms with Gasteiger partial charge in [-0.3, -0.25) is 4.68 Å². The van der Waals surface area contributed by atoms with Crippen LogP contribution in [0.2, 0.25) is 0 Å². The molecule has 1 aromatic heterocycles. The van der Waals surface area contributed by atoms with E-state index in [2.05, 4.69) is 37.4 Å². The molecule has 102 valence electrons. The van der Waals surface area contributed by atoms with Gasteiger partial charge in [0.15, 0.2) is 0 Å². The van der Waals surface area contributed by atoms with Crippen molar-refractivity contribution in [2.24, 2.45) is 18.9 Å². The largest absolute Gasteiger partial charge is 0.308 e. The predicted octanol–water partition coefficient (Wildman–Crippen LogP) is 3.29. The van der Waals surface area contributed by atoms with Gasteiger partial charge in [0.25, 0.3) is 0 Å². The fourth-order valence-corrected chi connectivity index (χ4v) is 3.29. The molecular formula is C15H27N3. The van der Waals surface area contributed by atoms with E-state index >= 15 is 0 Å². The smallest absolute Gasteiger partial charge is 0.0553 e. The Morgan fingerprint density at radius 3 is 2.94 bits per heavy atom. The summed E-state index contributed by atoms with van der Waals surface area (Å²) >= 11 is 0. The quantitative estimate of drug-likeness (QED) is 0.868. The molecule has 3 heteroatoms. The lowest BCUT2D eigenvalue weighted by Gasteiger charge is -2.34. The van der Waals surface area contributed by atoms with Crippen LogP contribution in [0.5, 0.6) is 0 Å². The molecule has 1 fully saturated rings. The summed E-state index contributed by atoms with van der Waals surface area (Å²) in [7, 11) is 2.06. The summed E-state index contributed by atoms with van der Waals surface area (Å²) < 4.78 is 2.03. The highest BCUT2D eigenvalue weighted by Crippen LogP contribution is 2.36. The van der Waals surface area contributed by atoms with E-state index in [4.69, 9.17) is 0 Å². The molecule has 0 bridgehead atoms. The van der Waals surface area contributed by atoms with Crippen molar-refractivity contribution < 1.29 is 0 Å². The van der Waals surface area contributed by atoms with E-state index in [0.29, 0.717) is 6.04 Å². The van der Waals surface area contributed by atoms with Crippen LogP contribution in [0, 0.1) is 11.8 Å². The molecule has 0 aliphatic heterocycles. The number of nitrogens with zero attached hydrogens (tertiary/aromatic N) is 2. The third-order valence-electron chi connectivity index (χ3n) is 4.24. The van der Waals surface area contributed by atoms with Gasteiger partial charge in [0.05, 0.1) is 11.7 Å². The zero-order valence-electron chi connectivity index (χ0n) is 12.0. The summed E-state index contributed by atoms with van der Waals surface area (Å²) in [4.78, 5) is 0. The molecule has 1 aromatic rings. The number of aromatic nitrogens is 2. The molecule has 1 saturated carbocycles. The van der Waals surface area contributed by atoms with Crippen LogP contribution in [0.3, 0.4) is 0 Å². The van der Waals surface area contributed by atoms with Gasteiger partial charge in [0, 0.05) is 13.2 Å². The second-order valence-electron chi connectivity index (χ2n) is 5.84. The van der Waals surface area contributed by atoms with Crippen LogP contribution < -0.4 is 5.32 Å². The molecular weight excluding hydrogens is 222 g/mol. The van der Waals surface area contributed by atoms with Crippen molar-refractivity contribution in [2.45, 2.75) is 52.0 Å². The van der Waals surface area contributed by atoms with Crippen molar-refractivity contribution >= 4 is 0 Å². The summed E-state index contributed by atoms with van der Waals surface area (Å²) in [6, 6.07) is 2.66. The van der Waals surface area contributed by atoms with Crippen molar-refractivity contribution in [3.05, 3.63) is 18.0 Å². The van der Waals surface area contributed by atoms with E-state index in [1.54, 1.807) is 0 Å². The Bertz CT molecular complexity index is 358. The lowest BCUT2D eigenvalue weighted by atomic mass is 9.77. The number of rotatable bonds is 5. The van der Waals surface area contributed by atoms with Crippen LogP contribution >= 0.6 is 0 Å². The van der Waals surface area contributed by atoms with Gasteiger partial charge in [-0.25, -0.2) is 0 Å². The summed E-state index contributed by atoms with van der Waals surface area (Å²) in [5.41, 5.74) is 1.35. The van der Waals surface area contributed by atoms with E-state index < -0.39 is 0 Å². The molecule has 0 spiro atoms. The van der Waals surface area contributed by atoms with Crippen LogP contribution in [0.1, 0.15) is 57.7 Å². The molecule has 0 saturated heterocycles. The van der Waals surface area contributed by atoms with E-state index in [9.17, 15) is 0 Å². The SMILES string of the molecule is CCCNC(c1ccnn1C)C1CCCC(C)C1. The summed E-state index contributed by atoms with van der Waals surface area (Å²) in [6.07, 6.45) is 8.61. The summed E-state index contributed by atoms with van der Waals surface area (Å²) in [5, 5.41) is 8.08. The minimum absolute atomic E-state index is 0.486. The normalized spacial score (nSPS) is 26.2. The monoisotopic (exact) mass is 249 g/mol. The molecule has 0 radical (unpaired) electrons. The third kappa shape index (κ3) is 3.14. The van der Waals surface area contributed by atoms with Gasteiger partial charge in [-0.2, -0.15) is 5.10 Å². The van der Waals surface area contributed by atoms with Crippen LogP contribution in [0.15, 0.2) is 12.3 Å². The summed E-state index contributed by atoms with van der Waals surface area (Å²) in [5.74, 6) is 1.65. The fraction of sp³-hybridized carbons (Fsp3) is 0.800. The average Bonchev–Trinajstić information content (AvgIpc) is 2.77. The zero-order valence-corrected chi connectivity index (χ0v) is 12.0. The second-order valence-corrected chi connectivity index (χ2v) is 5.84. The van der Waals surface area contributed by atoms with Gasteiger partial charge in [0.2, 0.25) is 0 Å². The lowest BCUT2D eigenvalue weighted by molar-refractivity contribution is 0.218. The molecule has 0 amide bonds. The van der Waals surface area contributed by atoms with Crippen molar-refractivity contribution in [3.8, 4) is 0 Å². The molecule has 1 aliphatic rings. The first-order valence-corrected chi connectivity index (χ1v) is 7.43. The van der Waals surface area contributed by atoms with Crippen LogP contribution in [-0.2, 0) is 7.05 Å². The van der Waals surface area contributed by atoms with E-state index in [1.165, 1.54) is 37.8 Å². The van der Waals surface area contributed by atoms with Gasteiger partial charge in [-0.15, -0.1) is 0 Å². The molecule has 1 N–H and O–H groups in total. The second kappa shape index (κ2) is 6.37. The van der Waals surface area contributed by atoms with E-state index in [1.807, 2.05) is 10.9 Å². The van der Waals surface area contributed by atoms with Crippen molar-refractivity contribution in [3.63, 3.8) is 0 Å². The Kier molecular flexibility index (Phi) is 4.81. The number of hydrogen-bond acceptors (Lipinski definition) is 2. The van der Waals surface area contributed by atoms with Crippen molar-refractivity contribution in [2.75, 3.05) is 6.54 Å². The fourth-order valence-electron chi connectivity index (χ4n) is 3.29. The van der Waals surface area contributed by atoms with E-state index in [0.717, 1.165) is 18.4 Å². The Labute approximate surface area is 111 Å². The third-order valence-corrected chi connectivity index (χ3v) is 4.24. The van der Waals surface area contributed by atoms with Crippen LogP contribution in [0.4, 0.5) is 0 Å². The molecule has 18 heavy (non-hydrogen) atoms. The number of hydrogen-bond donors (Lipinski definition) is 1. The van der Waals surface area contributed by atoms with Gasteiger partial charge in [-0.1, -0.05) is 26.7 Å². The van der Waals surface area contributed by atoms with E-state index in [-0.39, 0.29) is 0 Å². The highest BCUT2D eigenvalue weighted by atomic mass is 15.3. The van der Waals surface area contributed by atoms with Crippen molar-refractivity contribution in [1.82, 2.24) is 15.1 Å². The molecule has 0 aromatic carbocycles. The maximum absolute atomic E-state index is 4.34. The van der Waals surface area contributed by atoms with Crippen molar-refractivity contribution in [1.29, 1.82) is 0 Å². The van der Waals surface area contributed by atoms with Gasteiger partial charge < -0.3 is 5.32 Å². The van der Waals surface area contributed by atoms with Gasteiger partial charge >= 0.3 is 0 Å². The van der Waals surface area contributed by atoms with Gasteiger partial charge in [0.1, 0.15) is 0 Å². The molecule has 3 nitrogen and oxygen atoms in total. The molecule has 3 atom stereocenters. The highest BCUT2D eigenvalue weighted by molar-refractivity contribution is 5.08. The lowest BCUT2D eigenvalue weighted by Crippen LogP contribution is -2.33. The van der Waals surface area contributed by atoms with Crippen LogP contribution in [0.25, 0.3) is 0 Å². The van der Waals surface area contributed by atoms with Gasteiger partial charge in [-0.05, 0) is 43.7 Å². The Hall–Kier alpha value is -0.830. The Morgan fingerprint density at radius 2 is 2.33 bits per heavy atom. The minimum Gasteiger partial charge on any atom is -0.308 e. The number of nitrogens with one attached hydrogen (secondary N) is 1. The average molecular weight is 249 g/mol.